The molecule has 0 aromatic carbocycles. The van der Waals surface area contributed by atoms with Crippen molar-refractivity contribution in [3.8, 4) is 0 Å². The molecule has 2 aromatic rings. The van der Waals surface area contributed by atoms with Crippen molar-refractivity contribution < 1.29 is 4.79 Å². The predicted molar refractivity (Wildman–Crippen MR) is 101 cm³/mol. The Morgan fingerprint density at radius 2 is 1.88 bits per heavy atom. The monoisotopic (exact) mass is 379 g/mol. The largest absolute Gasteiger partial charge is 0.377 e. The van der Waals surface area contributed by atoms with Crippen molar-refractivity contribution in [2.45, 2.75) is 0 Å². The Bertz CT molecular complexity index is 775. The van der Waals surface area contributed by atoms with E-state index < -0.39 is 0 Å². The number of halogens is 2. The quantitative estimate of drug-likeness (QED) is 0.820. The molecule has 132 valence electrons. The van der Waals surface area contributed by atoms with Crippen LogP contribution in [-0.2, 0) is 0 Å². The molecule has 0 spiro atoms. The van der Waals surface area contributed by atoms with Gasteiger partial charge in [0.1, 0.15) is 5.82 Å². The summed E-state index contributed by atoms with van der Waals surface area (Å²) in [7, 11) is 3.83. The summed E-state index contributed by atoms with van der Waals surface area (Å²) in [5.41, 5.74) is 1.48. The summed E-state index contributed by atoms with van der Waals surface area (Å²) in [6, 6.07) is 3.53. The van der Waals surface area contributed by atoms with Crippen LogP contribution in [0, 0.1) is 0 Å². The van der Waals surface area contributed by atoms with Crippen LogP contribution in [0.5, 0.6) is 0 Å². The summed E-state index contributed by atoms with van der Waals surface area (Å²) in [4.78, 5) is 27.1. The van der Waals surface area contributed by atoms with E-state index in [0.29, 0.717) is 47.6 Å². The highest BCUT2D eigenvalue weighted by Gasteiger charge is 2.25. The van der Waals surface area contributed by atoms with Crippen LogP contribution in [0.2, 0.25) is 10.0 Å². The first-order valence-corrected chi connectivity index (χ1v) is 8.69. The van der Waals surface area contributed by atoms with E-state index in [2.05, 4.69) is 14.9 Å². The van der Waals surface area contributed by atoms with Gasteiger partial charge in [0.2, 0.25) is 0 Å². The molecule has 0 atom stereocenters. The van der Waals surface area contributed by atoms with Gasteiger partial charge in [-0.15, -0.1) is 0 Å². The average Bonchev–Trinajstić information content (AvgIpc) is 2.61. The summed E-state index contributed by atoms with van der Waals surface area (Å²) in [5, 5.41) is 1.03. The van der Waals surface area contributed by atoms with Crippen LogP contribution in [0.4, 0.5) is 11.5 Å². The summed E-state index contributed by atoms with van der Waals surface area (Å²) in [6.07, 6.45) is 4.90. The molecule has 2 aromatic heterocycles. The zero-order valence-corrected chi connectivity index (χ0v) is 15.6. The van der Waals surface area contributed by atoms with Crippen LogP contribution in [0.1, 0.15) is 10.4 Å². The molecule has 0 bridgehead atoms. The molecule has 0 N–H and O–H groups in total. The topological polar surface area (TPSA) is 52.6 Å². The normalized spacial score (nSPS) is 14.6. The maximum absolute atomic E-state index is 12.9. The number of rotatable bonds is 3. The molecule has 0 radical (unpaired) electrons. The Hall–Kier alpha value is -2.05. The van der Waals surface area contributed by atoms with Gasteiger partial charge in [0, 0.05) is 58.9 Å². The smallest absolute Gasteiger partial charge is 0.257 e. The number of anilines is 2. The third-order valence-electron chi connectivity index (χ3n) is 4.17. The molecule has 25 heavy (non-hydrogen) atoms. The SMILES string of the molecule is CN(C)c1ccncc1C(=O)N1CCN(c2ncc(Cl)cc2Cl)CC1. The fourth-order valence-electron chi connectivity index (χ4n) is 2.87. The number of hydrogen-bond donors (Lipinski definition) is 0. The van der Waals surface area contributed by atoms with Crippen LogP contribution < -0.4 is 9.80 Å². The molecule has 6 nitrogen and oxygen atoms in total. The number of nitrogens with zero attached hydrogens (tertiary/aromatic N) is 5. The summed E-state index contributed by atoms with van der Waals surface area (Å²) in [6.45, 7) is 2.53. The molecule has 0 saturated carbocycles. The van der Waals surface area contributed by atoms with Crippen molar-refractivity contribution in [1.29, 1.82) is 0 Å². The van der Waals surface area contributed by atoms with E-state index in [1.807, 2.05) is 30.0 Å². The van der Waals surface area contributed by atoms with Gasteiger partial charge in [-0.3, -0.25) is 9.78 Å². The molecule has 1 aliphatic heterocycles. The lowest BCUT2D eigenvalue weighted by Gasteiger charge is -2.36. The first kappa shape index (κ1) is 17.8. The fourth-order valence-corrected chi connectivity index (χ4v) is 3.37. The number of carbonyl (C=O) groups excluding carboxylic acids is 1. The van der Waals surface area contributed by atoms with Crippen molar-refractivity contribution in [3.05, 3.63) is 46.3 Å². The molecule has 8 heteroatoms. The maximum atomic E-state index is 12.9. The second-order valence-electron chi connectivity index (χ2n) is 6.03. The summed E-state index contributed by atoms with van der Waals surface area (Å²) < 4.78 is 0. The number of hydrogen-bond acceptors (Lipinski definition) is 5. The number of piperazine rings is 1. The molecule has 0 unspecified atom stereocenters. The molecule has 1 amide bonds. The Kier molecular flexibility index (Phi) is 5.30. The minimum atomic E-state index is -0.00777. The molecule has 1 saturated heterocycles. The number of aromatic nitrogens is 2. The Morgan fingerprint density at radius 3 is 2.52 bits per heavy atom. The van der Waals surface area contributed by atoms with Crippen molar-refractivity contribution in [2.75, 3.05) is 50.1 Å². The summed E-state index contributed by atoms with van der Waals surface area (Å²) >= 11 is 12.1. The Morgan fingerprint density at radius 1 is 1.16 bits per heavy atom. The standard InChI is InChI=1S/C17H19Cl2N5O/c1-22(2)15-3-4-20-11-13(15)17(25)24-7-5-23(6-8-24)16-14(19)9-12(18)10-21-16/h3-4,9-11H,5-8H2,1-2H3. The first-order chi connectivity index (χ1) is 12.0. The molecule has 3 rings (SSSR count). The number of pyridine rings is 2. The summed E-state index contributed by atoms with van der Waals surface area (Å²) in [5.74, 6) is 0.695. The third-order valence-corrected chi connectivity index (χ3v) is 4.65. The zero-order chi connectivity index (χ0) is 18.0. The van der Waals surface area contributed by atoms with Gasteiger partial charge in [0.25, 0.3) is 5.91 Å². The van der Waals surface area contributed by atoms with Crippen LogP contribution in [0.15, 0.2) is 30.7 Å². The second kappa shape index (κ2) is 7.45. The van der Waals surface area contributed by atoms with Gasteiger partial charge >= 0.3 is 0 Å². The second-order valence-corrected chi connectivity index (χ2v) is 6.87. The average molecular weight is 380 g/mol. The van der Waals surface area contributed by atoms with Crippen LogP contribution >= 0.6 is 23.2 Å². The fraction of sp³-hybridized carbons (Fsp3) is 0.353. The minimum absolute atomic E-state index is 0.00777. The minimum Gasteiger partial charge on any atom is -0.377 e. The van der Waals surface area contributed by atoms with Crippen LogP contribution in [0.3, 0.4) is 0 Å². The van der Waals surface area contributed by atoms with Crippen molar-refractivity contribution >= 4 is 40.6 Å². The lowest BCUT2D eigenvalue weighted by Crippen LogP contribution is -2.49. The van der Waals surface area contributed by atoms with Crippen molar-refractivity contribution in [1.82, 2.24) is 14.9 Å². The molecule has 1 aliphatic rings. The van der Waals surface area contributed by atoms with E-state index in [1.54, 1.807) is 24.7 Å². The van der Waals surface area contributed by atoms with E-state index in [1.165, 1.54) is 0 Å². The Labute approximate surface area is 157 Å². The van der Waals surface area contributed by atoms with Crippen LogP contribution in [-0.4, -0.2) is 61.0 Å². The van der Waals surface area contributed by atoms with Gasteiger partial charge in [-0.05, 0) is 12.1 Å². The Balaban J connectivity index is 1.71. The molecular formula is C17H19Cl2N5O. The molecule has 0 aliphatic carbocycles. The van der Waals surface area contributed by atoms with Crippen molar-refractivity contribution in [3.63, 3.8) is 0 Å². The van der Waals surface area contributed by atoms with E-state index in [9.17, 15) is 4.79 Å². The van der Waals surface area contributed by atoms with E-state index >= 15 is 0 Å². The maximum Gasteiger partial charge on any atom is 0.257 e. The van der Waals surface area contributed by atoms with E-state index in [4.69, 9.17) is 23.2 Å². The van der Waals surface area contributed by atoms with E-state index in [-0.39, 0.29) is 5.91 Å². The predicted octanol–water partition coefficient (Wildman–Crippen LogP) is 2.81. The van der Waals surface area contributed by atoms with Gasteiger partial charge in [-0.1, -0.05) is 23.2 Å². The highest BCUT2D eigenvalue weighted by Crippen LogP contribution is 2.27. The van der Waals surface area contributed by atoms with Gasteiger partial charge in [0.05, 0.1) is 21.3 Å². The highest BCUT2D eigenvalue weighted by molar-refractivity contribution is 6.36. The van der Waals surface area contributed by atoms with Gasteiger partial charge < -0.3 is 14.7 Å². The molecular weight excluding hydrogens is 361 g/mol. The van der Waals surface area contributed by atoms with Gasteiger partial charge in [0.15, 0.2) is 0 Å². The lowest BCUT2D eigenvalue weighted by molar-refractivity contribution is 0.0747. The lowest BCUT2D eigenvalue weighted by atomic mass is 10.1. The third kappa shape index (κ3) is 3.80. The van der Waals surface area contributed by atoms with Crippen LogP contribution in [0.25, 0.3) is 0 Å². The van der Waals surface area contributed by atoms with Gasteiger partial charge in [-0.2, -0.15) is 0 Å². The zero-order valence-electron chi connectivity index (χ0n) is 14.1. The van der Waals surface area contributed by atoms with E-state index in [0.717, 1.165) is 5.69 Å². The highest BCUT2D eigenvalue weighted by atomic mass is 35.5. The molecule has 3 heterocycles. The first-order valence-electron chi connectivity index (χ1n) is 7.94. The van der Waals surface area contributed by atoms with Gasteiger partial charge in [-0.25, -0.2) is 4.98 Å². The number of carbonyl (C=O) groups is 1. The number of amides is 1. The molecule has 1 fully saturated rings. The van der Waals surface area contributed by atoms with Crippen molar-refractivity contribution in [2.24, 2.45) is 0 Å².